The lowest BCUT2D eigenvalue weighted by molar-refractivity contribution is -0.0182. The zero-order valence-electron chi connectivity index (χ0n) is 12.9. The quantitative estimate of drug-likeness (QED) is 0.915. The van der Waals surface area contributed by atoms with Gasteiger partial charge in [-0.3, -0.25) is 0 Å². The maximum atomic E-state index is 6.30. The van der Waals surface area contributed by atoms with Crippen LogP contribution in [0.4, 0.5) is 0 Å². The number of likely N-dealkylation sites (N-methyl/N-ethyl adjacent to an activating group) is 1. The third-order valence-electron chi connectivity index (χ3n) is 3.90. The van der Waals surface area contributed by atoms with Gasteiger partial charge in [0.25, 0.3) is 0 Å². The number of benzene rings is 1. The third-order valence-corrected chi connectivity index (χ3v) is 4.19. The number of nitrogens with one attached hydrogen (secondary N) is 1. The first-order chi connectivity index (χ1) is 10.7. The van der Waals surface area contributed by atoms with Crippen molar-refractivity contribution < 1.29 is 14.2 Å². The Morgan fingerprint density at radius 2 is 2.14 bits per heavy atom. The van der Waals surface area contributed by atoms with Crippen molar-refractivity contribution in [2.75, 3.05) is 46.5 Å². The van der Waals surface area contributed by atoms with Crippen molar-refractivity contribution in [1.29, 1.82) is 0 Å². The lowest BCUT2D eigenvalue weighted by Gasteiger charge is -2.30. The molecule has 6 heteroatoms. The molecule has 0 radical (unpaired) electrons. The van der Waals surface area contributed by atoms with E-state index in [0.29, 0.717) is 24.0 Å². The van der Waals surface area contributed by atoms with Gasteiger partial charge in [0.15, 0.2) is 11.5 Å². The average molecular weight is 327 g/mol. The molecule has 2 aliphatic heterocycles. The lowest BCUT2D eigenvalue weighted by atomic mass is 10.2. The number of morpholine rings is 1. The molecule has 1 N–H and O–H groups in total. The molecule has 0 saturated carbocycles. The lowest BCUT2D eigenvalue weighted by Crippen LogP contribution is -2.44. The normalized spacial score (nSPS) is 22.4. The van der Waals surface area contributed by atoms with Crippen molar-refractivity contribution in [3.63, 3.8) is 0 Å². The molecule has 3 rings (SSSR count). The van der Waals surface area contributed by atoms with E-state index < -0.39 is 0 Å². The molecule has 0 spiro atoms. The van der Waals surface area contributed by atoms with Crippen LogP contribution in [0.15, 0.2) is 12.1 Å². The first kappa shape index (κ1) is 15.9. The fraction of sp³-hybridized carbons (Fsp3) is 0.625. The number of hydrogen-bond acceptors (Lipinski definition) is 5. The summed E-state index contributed by atoms with van der Waals surface area (Å²) in [6, 6.07) is 3.95. The Kier molecular flexibility index (Phi) is 5.41. The summed E-state index contributed by atoms with van der Waals surface area (Å²) in [6.07, 6.45) is 1.13. The van der Waals surface area contributed by atoms with Crippen LogP contribution in [0.1, 0.15) is 12.0 Å². The van der Waals surface area contributed by atoms with Crippen molar-refractivity contribution in [2.24, 2.45) is 0 Å². The van der Waals surface area contributed by atoms with E-state index in [2.05, 4.69) is 17.3 Å². The van der Waals surface area contributed by atoms with Crippen LogP contribution in [0, 0.1) is 0 Å². The smallest absolute Gasteiger partial charge is 0.179 e. The van der Waals surface area contributed by atoms with Crippen molar-refractivity contribution in [3.8, 4) is 11.5 Å². The molecule has 2 heterocycles. The van der Waals surface area contributed by atoms with Crippen molar-refractivity contribution in [3.05, 3.63) is 22.7 Å². The Morgan fingerprint density at radius 3 is 3.00 bits per heavy atom. The monoisotopic (exact) mass is 326 g/mol. The van der Waals surface area contributed by atoms with Crippen LogP contribution >= 0.6 is 11.6 Å². The van der Waals surface area contributed by atoms with E-state index in [9.17, 15) is 0 Å². The molecule has 5 nitrogen and oxygen atoms in total. The number of halogens is 1. The second-order valence-electron chi connectivity index (χ2n) is 5.84. The van der Waals surface area contributed by atoms with Gasteiger partial charge in [0.2, 0.25) is 0 Å². The third kappa shape index (κ3) is 4.04. The second kappa shape index (κ2) is 7.51. The van der Waals surface area contributed by atoms with Crippen molar-refractivity contribution in [1.82, 2.24) is 10.2 Å². The fourth-order valence-electron chi connectivity index (χ4n) is 2.75. The molecule has 1 aromatic rings. The summed E-state index contributed by atoms with van der Waals surface area (Å²) in [5, 5.41) is 4.05. The van der Waals surface area contributed by atoms with Crippen molar-refractivity contribution >= 4 is 11.6 Å². The predicted molar refractivity (Wildman–Crippen MR) is 86.0 cm³/mol. The minimum atomic E-state index is 0.245. The molecule has 2 aliphatic rings. The van der Waals surface area contributed by atoms with Crippen LogP contribution in [-0.4, -0.2) is 57.5 Å². The molecule has 0 aliphatic carbocycles. The summed E-state index contributed by atoms with van der Waals surface area (Å²) >= 11 is 6.30. The maximum Gasteiger partial charge on any atom is 0.179 e. The van der Waals surface area contributed by atoms with Gasteiger partial charge < -0.3 is 24.4 Å². The van der Waals surface area contributed by atoms with Crippen LogP contribution in [0.25, 0.3) is 0 Å². The van der Waals surface area contributed by atoms with Crippen LogP contribution in [0.2, 0.25) is 5.02 Å². The Balaban J connectivity index is 1.56. The summed E-state index contributed by atoms with van der Waals surface area (Å²) in [5.74, 6) is 1.41. The van der Waals surface area contributed by atoms with Gasteiger partial charge in [-0.05, 0) is 24.7 Å². The van der Waals surface area contributed by atoms with Gasteiger partial charge in [-0.15, -0.1) is 0 Å². The second-order valence-corrected chi connectivity index (χ2v) is 6.25. The highest BCUT2D eigenvalue weighted by atomic mass is 35.5. The van der Waals surface area contributed by atoms with Gasteiger partial charge in [0.05, 0.1) is 30.9 Å². The maximum absolute atomic E-state index is 6.30. The summed E-state index contributed by atoms with van der Waals surface area (Å²) in [6.45, 7) is 5.66. The topological polar surface area (TPSA) is 43.0 Å². The molecular formula is C16H23ClN2O3. The molecule has 1 aromatic carbocycles. The SMILES string of the molecule is CN1CCOC(CNCc2cc(Cl)c3c(c2)OCCCO3)C1. The zero-order chi connectivity index (χ0) is 15.4. The first-order valence-electron chi connectivity index (χ1n) is 7.81. The molecule has 0 aromatic heterocycles. The molecule has 1 fully saturated rings. The highest BCUT2D eigenvalue weighted by Gasteiger charge is 2.18. The average Bonchev–Trinajstić information content (AvgIpc) is 2.73. The van der Waals surface area contributed by atoms with Gasteiger partial charge in [-0.2, -0.15) is 0 Å². The van der Waals surface area contributed by atoms with Crippen LogP contribution in [0.5, 0.6) is 11.5 Å². The highest BCUT2D eigenvalue weighted by molar-refractivity contribution is 6.32. The number of ether oxygens (including phenoxy) is 3. The van der Waals surface area contributed by atoms with Gasteiger partial charge in [0, 0.05) is 32.6 Å². The van der Waals surface area contributed by atoms with E-state index in [1.807, 2.05) is 12.1 Å². The predicted octanol–water partition coefficient (Wildman–Crippen LogP) is 1.92. The molecule has 1 unspecified atom stereocenters. The molecule has 122 valence electrons. The fourth-order valence-corrected chi connectivity index (χ4v) is 3.04. The minimum Gasteiger partial charge on any atom is -0.489 e. The van der Waals surface area contributed by atoms with E-state index in [0.717, 1.165) is 50.5 Å². The highest BCUT2D eigenvalue weighted by Crippen LogP contribution is 2.37. The number of nitrogens with zero attached hydrogens (tertiary/aromatic N) is 1. The largest absolute Gasteiger partial charge is 0.489 e. The van der Waals surface area contributed by atoms with E-state index in [1.165, 1.54) is 0 Å². The minimum absolute atomic E-state index is 0.245. The van der Waals surface area contributed by atoms with E-state index >= 15 is 0 Å². The summed E-state index contributed by atoms with van der Waals surface area (Å²) < 4.78 is 17.1. The zero-order valence-corrected chi connectivity index (χ0v) is 13.7. The first-order valence-corrected chi connectivity index (χ1v) is 8.19. The molecule has 0 bridgehead atoms. The molecule has 0 amide bonds. The Morgan fingerprint density at radius 1 is 1.27 bits per heavy atom. The summed E-state index contributed by atoms with van der Waals surface area (Å²) in [5.41, 5.74) is 1.10. The Bertz CT molecular complexity index is 512. The van der Waals surface area contributed by atoms with Crippen LogP contribution in [-0.2, 0) is 11.3 Å². The number of rotatable bonds is 4. The van der Waals surface area contributed by atoms with E-state index in [1.54, 1.807) is 0 Å². The Labute approximate surface area is 136 Å². The van der Waals surface area contributed by atoms with Crippen molar-refractivity contribution in [2.45, 2.75) is 19.1 Å². The van der Waals surface area contributed by atoms with E-state index in [4.69, 9.17) is 25.8 Å². The molecule has 22 heavy (non-hydrogen) atoms. The standard InChI is InChI=1S/C16H23ClN2O3/c1-19-3-6-20-13(11-19)10-18-9-12-7-14(17)16-15(8-12)21-4-2-5-22-16/h7-8,13,18H,2-6,9-11H2,1H3. The number of hydrogen-bond donors (Lipinski definition) is 1. The summed E-state index contributed by atoms with van der Waals surface area (Å²) in [7, 11) is 2.12. The number of fused-ring (bicyclic) bond motifs is 1. The summed E-state index contributed by atoms with van der Waals surface area (Å²) in [4.78, 5) is 2.29. The van der Waals surface area contributed by atoms with Gasteiger partial charge in [-0.25, -0.2) is 0 Å². The molecular weight excluding hydrogens is 304 g/mol. The molecule has 1 saturated heterocycles. The van der Waals surface area contributed by atoms with Crippen LogP contribution < -0.4 is 14.8 Å². The Hall–Kier alpha value is -1.01. The van der Waals surface area contributed by atoms with Gasteiger partial charge in [0.1, 0.15) is 0 Å². The van der Waals surface area contributed by atoms with Crippen LogP contribution in [0.3, 0.4) is 0 Å². The van der Waals surface area contributed by atoms with E-state index in [-0.39, 0.29) is 6.10 Å². The molecule has 1 atom stereocenters. The van der Waals surface area contributed by atoms with Gasteiger partial charge in [-0.1, -0.05) is 11.6 Å². The van der Waals surface area contributed by atoms with Gasteiger partial charge >= 0.3 is 0 Å².